The lowest BCUT2D eigenvalue weighted by molar-refractivity contribution is -0.236. The minimum Gasteiger partial charge on any atom is -0.482 e. The van der Waals surface area contributed by atoms with E-state index >= 15 is 0 Å². The molecule has 1 rings (SSSR count). The van der Waals surface area contributed by atoms with Crippen molar-refractivity contribution in [2.75, 3.05) is 6.61 Å². The average molecular weight is 182 g/mol. The van der Waals surface area contributed by atoms with Crippen molar-refractivity contribution < 1.29 is 19.7 Å². The van der Waals surface area contributed by atoms with Gasteiger partial charge in [-0.05, 0) is 19.1 Å². The Bertz CT molecular complexity index is 278. The largest absolute Gasteiger partial charge is 0.482 e. The van der Waals surface area contributed by atoms with Crippen LogP contribution in [-0.4, -0.2) is 17.8 Å². The van der Waals surface area contributed by atoms with Crippen LogP contribution in [0, 0.1) is 6.92 Å². The monoisotopic (exact) mass is 182 g/mol. The molecule has 0 radical (unpaired) electrons. The molecule has 0 unspecified atom stereocenters. The van der Waals surface area contributed by atoms with Crippen LogP contribution >= 0.6 is 0 Å². The first-order chi connectivity index (χ1) is 6.22. The van der Waals surface area contributed by atoms with Crippen molar-refractivity contribution in [3.05, 3.63) is 29.8 Å². The summed E-state index contributed by atoms with van der Waals surface area (Å²) in [6, 6.07) is 7.19. The van der Waals surface area contributed by atoms with Gasteiger partial charge in [-0.3, -0.25) is 4.89 Å². The van der Waals surface area contributed by atoms with Crippen LogP contribution in [0.15, 0.2) is 24.3 Å². The number of hydrogen-bond donors (Lipinski definition) is 1. The van der Waals surface area contributed by atoms with E-state index in [2.05, 4.69) is 4.89 Å². The highest BCUT2D eigenvalue weighted by Crippen LogP contribution is 2.10. The third kappa shape index (κ3) is 3.13. The van der Waals surface area contributed by atoms with Gasteiger partial charge in [0.25, 0.3) is 0 Å². The van der Waals surface area contributed by atoms with Crippen molar-refractivity contribution >= 4 is 5.97 Å². The highest BCUT2D eigenvalue weighted by atomic mass is 17.1. The summed E-state index contributed by atoms with van der Waals surface area (Å²) in [6.07, 6.45) is 0. The molecule has 4 heteroatoms. The molecule has 0 atom stereocenters. The molecule has 0 saturated carbocycles. The van der Waals surface area contributed by atoms with Gasteiger partial charge in [0, 0.05) is 0 Å². The lowest BCUT2D eigenvalue weighted by Gasteiger charge is -2.03. The molecule has 1 aromatic carbocycles. The minimum absolute atomic E-state index is 0.292. The second-order valence-electron chi connectivity index (χ2n) is 2.57. The Morgan fingerprint density at radius 1 is 1.38 bits per heavy atom. The zero-order valence-corrected chi connectivity index (χ0v) is 7.19. The van der Waals surface area contributed by atoms with E-state index in [-0.39, 0.29) is 6.61 Å². The molecular weight excluding hydrogens is 172 g/mol. The quantitative estimate of drug-likeness (QED) is 0.567. The van der Waals surface area contributed by atoms with Gasteiger partial charge in [0.2, 0.25) is 0 Å². The van der Waals surface area contributed by atoms with E-state index < -0.39 is 5.97 Å². The first-order valence-corrected chi connectivity index (χ1v) is 3.76. The zero-order chi connectivity index (χ0) is 9.68. The standard InChI is InChI=1S/C9H10O4/c1-7-2-4-8(5-3-7)12-6-9(10)13-11/h2-5,11H,6H2,1H3. The maximum Gasteiger partial charge on any atom is 0.379 e. The summed E-state index contributed by atoms with van der Waals surface area (Å²) in [6.45, 7) is 1.66. The Morgan fingerprint density at radius 3 is 2.54 bits per heavy atom. The van der Waals surface area contributed by atoms with Crippen LogP contribution in [0.4, 0.5) is 0 Å². The van der Waals surface area contributed by atoms with Crippen LogP contribution in [0.25, 0.3) is 0 Å². The van der Waals surface area contributed by atoms with E-state index in [9.17, 15) is 4.79 Å². The van der Waals surface area contributed by atoms with Crippen LogP contribution in [0.1, 0.15) is 5.56 Å². The zero-order valence-electron chi connectivity index (χ0n) is 7.19. The molecule has 0 fully saturated rings. The van der Waals surface area contributed by atoms with Crippen LogP contribution in [0.2, 0.25) is 0 Å². The molecule has 13 heavy (non-hydrogen) atoms. The Hall–Kier alpha value is -1.55. The van der Waals surface area contributed by atoms with E-state index in [4.69, 9.17) is 9.99 Å². The van der Waals surface area contributed by atoms with Gasteiger partial charge in [0.05, 0.1) is 0 Å². The van der Waals surface area contributed by atoms with Gasteiger partial charge < -0.3 is 4.74 Å². The summed E-state index contributed by atoms with van der Waals surface area (Å²) in [7, 11) is 0. The number of carbonyl (C=O) groups excluding carboxylic acids is 1. The Labute approximate surface area is 75.6 Å². The lowest BCUT2D eigenvalue weighted by atomic mass is 10.2. The number of rotatable bonds is 3. The number of hydrogen-bond acceptors (Lipinski definition) is 4. The molecule has 1 aromatic rings. The van der Waals surface area contributed by atoms with Gasteiger partial charge in [-0.15, -0.1) is 0 Å². The number of carbonyl (C=O) groups is 1. The fourth-order valence-electron chi connectivity index (χ4n) is 0.803. The molecule has 0 aliphatic heterocycles. The van der Waals surface area contributed by atoms with Gasteiger partial charge in [-0.25, -0.2) is 4.79 Å². The molecular formula is C9H10O4. The summed E-state index contributed by atoms with van der Waals surface area (Å²) in [4.78, 5) is 13.9. The van der Waals surface area contributed by atoms with Crippen LogP contribution in [-0.2, 0) is 9.68 Å². The van der Waals surface area contributed by atoms with Crippen molar-refractivity contribution in [2.24, 2.45) is 0 Å². The van der Waals surface area contributed by atoms with Crippen molar-refractivity contribution in [3.8, 4) is 5.75 Å². The molecule has 0 heterocycles. The van der Waals surface area contributed by atoms with Gasteiger partial charge in [0.1, 0.15) is 5.75 Å². The lowest BCUT2D eigenvalue weighted by Crippen LogP contribution is -2.12. The van der Waals surface area contributed by atoms with E-state index in [0.717, 1.165) is 5.56 Å². The topological polar surface area (TPSA) is 55.8 Å². The maximum atomic E-state index is 10.5. The van der Waals surface area contributed by atoms with E-state index in [1.54, 1.807) is 12.1 Å². The van der Waals surface area contributed by atoms with Gasteiger partial charge >= 0.3 is 5.97 Å². The molecule has 1 N–H and O–H groups in total. The summed E-state index contributed by atoms with van der Waals surface area (Å²) in [5.41, 5.74) is 1.11. The summed E-state index contributed by atoms with van der Waals surface area (Å²) < 4.78 is 4.98. The smallest absolute Gasteiger partial charge is 0.379 e. The predicted octanol–water partition coefficient (Wildman–Crippen LogP) is 1.39. The molecule has 0 amide bonds. The molecule has 70 valence electrons. The molecule has 0 aromatic heterocycles. The maximum absolute atomic E-state index is 10.5. The van der Waals surface area contributed by atoms with Crippen molar-refractivity contribution in [2.45, 2.75) is 6.92 Å². The first-order valence-electron chi connectivity index (χ1n) is 3.76. The average Bonchev–Trinajstić information content (AvgIpc) is 2.16. The molecule has 0 saturated heterocycles. The Kier molecular flexibility index (Phi) is 3.28. The second-order valence-corrected chi connectivity index (χ2v) is 2.57. The predicted molar refractivity (Wildman–Crippen MR) is 45.4 cm³/mol. The highest BCUT2D eigenvalue weighted by molar-refractivity contribution is 5.70. The number of benzene rings is 1. The van der Waals surface area contributed by atoms with Crippen molar-refractivity contribution in [1.29, 1.82) is 0 Å². The van der Waals surface area contributed by atoms with Gasteiger partial charge in [0.15, 0.2) is 6.61 Å². The molecule has 0 spiro atoms. The second kappa shape index (κ2) is 4.47. The molecule has 0 aliphatic carbocycles. The van der Waals surface area contributed by atoms with E-state index in [1.807, 2.05) is 19.1 Å². The van der Waals surface area contributed by atoms with Gasteiger partial charge in [-0.1, -0.05) is 17.7 Å². The summed E-state index contributed by atoms with van der Waals surface area (Å²) in [5, 5.41) is 7.93. The van der Waals surface area contributed by atoms with Crippen LogP contribution in [0.5, 0.6) is 5.75 Å². The van der Waals surface area contributed by atoms with E-state index in [1.165, 1.54) is 0 Å². The Balaban J connectivity index is 2.46. The SMILES string of the molecule is Cc1ccc(OCC(=O)OO)cc1. The molecule has 4 nitrogen and oxygen atoms in total. The minimum atomic E-state index is -0.819. The van der Waals surface area contributed by atoms with Crippen LogP contribution in [0.3, 0.4) is 0 Å². The van der Waals surface area contributed by atoms with Crippen molar-refractivity contribution in [1.82, 2.24) is 0 Å². The van der Waals surface area contributed by atoms with E-state index in [0.29, 0.717) is 5.75 Å². The van der Waals surface area contributed by atoms with Gasteiger partial charge in [-0.2, -0.15) is 5.26 Å². The summed E-state index contributed by atoms with van der Waals surface area (Å²) >= 11 is 0. The fourth-order valence-corrected chi connectivity index (χ4v) is 0.803. The van der Waals surface area contributed by atoms with Crippen LogP contribution < -0.4 is 4.74 Å². The normalized spacial score (nSPS) is 9.38. The summed E-state index contributed by atoms with van der Waals surface area (Å²) in [5.74, 6) is -0.253. The Morgan fingerprint density at radius 2 is 2.00 bits per heavy atom. The van der Waals surface area contributed by atoms with Crippen molar-refractivity contribution in [3.63, 3.8) is 0 Å². The first kappa shape index (κ1) is 9.54. The number of ether oxygens (including phenoxy) is 1. The third-order valence-electron chi connectivity index (χ3n) is 1.48. The highest BCUT2D eigenvalue weighted by Gasteiger charge is 2.02. The third-order valence-corrected chi connectivity index (χ3v) is 1.48. The number of aryl methyl sites for hydroxylation is 1. The molecule has 0 bridgehead atoms. The molecule has 0 aliphatic rings. The fraction of sp³-hybridized carbons (Fsp3) is 0.222.